The number of aromatic nitrogens is 3. The zero-order chi connectivity index (χ0) is 24.2. The highest BCUT2D eigenvalue weighted by atomic mass is 19.4. The second-order valence-electron chi connectivity index (χ2n) is 7.24. The highest BCUT2D eigenvalue weighted by Crippen LogP contribution is 2.32. The average molecular weight is 464 g/mol. The van der Waals surface area contributed by atoms with Crippen molar-refractivity contribution in [2.24, 2.45) is 10.7 Å². The summed E-state index contributed by atoms with van der Waals surface area (Å²) in [5, 5.41) is 15.4. The predicted octanol–water partition coefficient (Wildman–Crippen LogP) is 1.68. The molecule has 176 valence electrons. The van der Waals surface area contributed by atoms with Gasteiger partial charge in [-0.05, 0) is 18.6 Å². The van der Waals surface area contributed by atoms with Gasteiger partial charge in [0.1, 0.15) is 17.4 Å². The van der Waals surface area contributed by atoms with Gasteiger partial charge >= 0.3 is 6.18 Å². The number of hydrogen-bond acceptors (Lipinski definition) is 9. The van der Waals surface area contributed by atoms with Crippen molar-refractivity contribution < 1.29 is 23.1 Å². The van der Waals surface area contributed by atoms with Crippen LogP contribution >= 0.6 is 0 Å². The average Bonchev–Trinajstić information content (AvgIpc) is 2.79. The number of hydrogen-bond donors (Lipinski definition) is 4. The number of nitrogens with two attached hydrogens (primary N) is 1. The molecule has 5 N–H and O–H groups in total. The van der Waals surface area contributed by atoms with Crippen LogP contribution < -0.4 is 21.3 Å². The number of amides is 1. The normalized spacial score (nSPS) is 16.7. The number of alkyl halides is 3. The summed E-state index contributed by atoms with van der Waals surface area (Å²) in [5.74, 6) is 0.454. The lowest BCUT2D eigenvalue weighted by Gasteiger charge is -2.32. The number of carbonyl (C=O) groups excluding carboxylic acids is 1. The summed E-state index contributed by atoms with van der Waals surface area (Å²) in [4.78, 5) is 29.9. The molecule has 0 aromatic carbocycles. The first-order valence-electron chi connectivity index (χ1n) is 9.86. The van der Waals surface area contributed by atoms with Gasteiger partial charge < -0.3 is 26.4 Å². The van der Waals surface area contributed by atoms with E-state index in [4.69, 9.17) is 5.73 Å². The number of aliphatic hydroxyl groups excluding tert-OH is 1. The number of nitrogens with one attached hydrogen (secondary N) is 2. The Labute approximate surface area is 187 Å². The SMILES string of the molecule is C[C@H]1C(=O)Nc2c(CO)nc(NC/C(C=NCc3ccc(C(F)(F)F)nc3)=C/N)nc2N1C. The van der Waals surface area contributed by atoms with Crippen LogP contribution in [0, 0.1) is 0 Å². The van der Waals surface area contributed by atoms with Crippen molar-refractivity contribution in [1.29, 1.82) is 0 Å². The molecule has 13 heteroatoms. The van der Waals surface area contributed by atoms with Crippen LogP contribution in [0.2, 0.25) is 0 Å². The zero-order valence-electron chi connectivity index (χ0n) is 17.9. The number of pyridine rings is 1. The van der Waals surface area contributed by atoms with E-state index in [1.807, 2.05) is 0 Å². The Morgan fingerprint density at radius 2 is 2.15 bits per heavy atom. The lowest BCUT2D eigenvalue weighted by atomic mass is 10.1. The number of carbonyl (C=O) groups is 1. The molecule has 0 fully saturated rings. The topological polar surface area (TPSA) is 142 Å². The number of rotatable bonds is 7. The first-order valence-corrected chi connectivity index (χ1v) is 9.86. The van der Waals surface area contributed by atoms with Gasteiger partial charge in [-0.15, -0.1) is 0 Å². The fourth-order valence-electron chi connectivity index (χ4n) is 2.94. The number of fused-ring (bicyclic) bond motifs is 1. The van der Waals surface area contributed by atoms with Crippen LogP contribution in [-0.4, -0.2) is 51.8 Å². The van der Waals surface area contributed by atoms with Gasteiger partial charge in [-0.2, -0.15) is 18.2 Å². The Morgan fingerprint density at radius 1 is 1.39 bits per heavy atom. The maximum atomic E-state index is 12.6. The highest BCUT2D eigenvalue weighted by molar-refractivity contribution is 6.03. The maximum absolute atomic E-state index is 12.6. The standard InChI is InChI=1S/C20H23F3N8O2/c1-11-18(33)29-16-14(10-32)28-19(30-17(16)31(11)2)27-9-13(5-24)7-25-6-12-3-4-15(26-8-12)20(21,22)23/h3-5,7-8,11,32H,6,9-10,24H2,1-2H3,(H,29,33)(H,27,28,30)/b13-5+,25-7?/t11-/m0/s1. The summed E-state index contributed by atoms with van der Waals surface area (Å²) in [6, 6.07) is 1.77. The predicted molar refractivity (Wildman–Crippen MR) is 117 cm³/mol. The van der Waals surface area contributed by atoms with E-state index in [2.05, 4.69) is 30.6 Å². The van der Waals surface area contributed by atoms with Crippen LogP contribution in [0.3, 0.4) is 0 Å². The minimum Gasteiger partial charge on any atom is -0.404 e. The van der Waals surface area contributed by atoms with Gasteiger partial charge in [0.25, 0.3) is 0 Å². The molecule has 1 amide bonds. The summed E-state index contributed by atoms with van der Waals surface area (Å²) in [6.07, 6.45) is -0.570. The Balaban J connectivity index is 1.65. The third-order valence-corrected chi connectivity index (χ3v) is 4.97. The number of anilines is 3. The first kappa shape index (κ1) is 23.9. The molecule has 1 atom stereocenters. The molecule has 3 heterocycles. The van der Waals surface area contributed by atoms with Crippen molar-refractivity contribution in [2.45, 2.75) is 32.3 Å². The van der Waals surface area contributed by atoms with E-state index in [0.29, 0.717) is 22.6 Å². The van der Waals surface area contributed by atoms with Crippen LogP contribution in [-0.2, 0) is 24.1 Å². The first-order chi connectivity index (χ1) is 15.6. The molecule has 0 saturated heterocycles. The van der Waals surface area contributed by atoms with Crippen molar-refractivity contribution in [3.8, 4) is 0 Å². The Kier molecular flexibility index (Phi) is 7.11. The lowest BCUT2D eigenvalue weighted by Crippen LogP contribution is -2.45. The molecule has 2 aromatic heterocycles. The van der Waals surface area contributed by atoms with E-state index in [9.17, 15) is 23.1 Å². The molecule has 33 heavy (non-hydrogen) atoms. The van der Waals surface area contributed by atoms with Crippen LogP contribution in [0.15, 0.2) is 35.1 Å². The minimum absolute atomic E-state index is 0.120. The monoisotopic (exact) mass is 464 g/mol. The van der Waals surface area contributed by atoms with Gasteiger partial charge in [0.05, 0.1) is 18.8 Å². The smallest absolute Gasteiger partial charge is 0.404 e. The largest absolute Gasteiger partial charge is 0.433 e. The Hall–Kier alpha value is -3.74. The van der Waals surface area contributed by atoms with E-state index in [0.717, 1.165) is 12.3 Å². The molecule has 1 aliphatic rings. The van der Waals surface area contributed by atoms with Crippen molar-refractivity contribution in [1.82, 2.24) is 15.0 Å². The third-order valence-electron chi connectivity index (χ3n) is 4.97. The second kappa shape index (κ2) is 9.81. The molecular formula is C20H23F3N8O2. The number of likely N-dealkylation sites (N-methyl/N-ethyl adjacent to an activating group) is 1. The molecule has 0 saturated carbocycles. The van der Waals surface area contributed by atoms with Crippen LogP contribution in [0.1, 0.15) is 23.9 Å². The molecule has 0 radical (unpaired) electrons. The molecule has 2 aromatic rings. The van der Waals surface area contributed by atoms with E-state index in [-0.39, 0.29) is 30.6 Å². The molecule has 10 nitrogen and oxygen atoms in total. The van der Waals surface area contributed by atoms with Crippen LogP contribution in [0.25, 0.3) is 0 Å². The van der Waals surface area contributed by atoms with E-state index < -0.39 is 24.5 Å². The van der Waals surface area contributed by atoms with Crippen LogP contribution in [0.5, 0.6) is 0 Å². The summed E-state index contributed by atoms with van der Waals surface area (Å²) in [7, 11) is 1.72. The molecular weight excluding hydrogens is 441 g/mol. The van der Waals surface area contributed by atoms with Gasteiger partial charge in [0.2, 0.25) is 11.9 Å². The molecule has 0 unspecified atom stereocenters. The summed E-state index contributed by atoms with van der Waals surface area (Å²) in [6.45, 7) is 1.64. The van der Waals surface area contributed by atoms with Crippen LogP contribution in [0.4, 0.5) is 30.6 Å². The van der Waals surface area contributed by atoms with Crippen molar-refractivity contribution in [3.05, 3.63) is 47.1 Å². The fourth-order valence-corrected chi connectivity index (χ4v) is 2.94. The molecule has 0 spiro atoms. The quantitative estimate of drug-likeness (QED) is 0.454. The van der Waals surface area contributed by atoms with E-state index in [1.54, 1.807) is 18.9 Å². The summed E-state index contributed by atoms with van der Waals surface area (Å²) < 4.78 is 37.7. The second-order valence-corrected chi connectivity index (χ2v) is 7.24. The van der Waals surface area contributed by atoms with Crippen molar-refractivity contribution in [3.63, 3.8) is 0 Å². The lowest BCUT2D eigenvalue weighted by molar-refractivity contribution is -0.141. The highest BCUT2D eigenvalue weighted by Gasteiger charge is 2.32. The van der Waals surface area contributed by atoms with Gasteiger partial charge in [-0.25, -0.2) is 4.98 Å². The van der Waals surface area contributed by atoms with Crippen molar-refractivity contribution in [2.75, 3.05) is 29.1 Å². The maximum Gasteiger partial charge on any atom is 0.433 e. The van der Waals surface area contributed by atoms with Gasteiger partial charge in [-0.3, -0.25) is 14.8 Å². The fraction of sp³-hybridized carbons (Fsp3) is 0.350. The third kappa shape index (κ3) is 5.55. The molecule has 1 aliphatic heterocycles. The van der Waals surface area contributed by atoms with Gasteiger partial charge in [0, 0.05) is 37.8 Å². The Morgan fingerprint density at radius 3 is 2.76 bits per heavy atom. The Bertz CT molecular complexity index is 1070. The zero-order valence-corrected chi connectivity index (χ0v) is 17.9. The molecule has 0 bridgehead atoms. The van der Waals surface area contributed by atoms with Crippen molar-refractivity contribution >= 4 is 29.6 Å². The number of halogens is 3. The number of aliphatic hydroxyl groups is 1. The number of aliphatic imine (C=N–C) groups is 1. The van der Waals surface area contributed by atoms with E-state index in [1.165, 1.54) is 18.5 Å². The summed E-state index contributed by atoms with van der Waals surface area (Å²) >= 11 is 0. The molecule has 0 aliphatic carbocycles. The number of nitrogens with zero attached hydrogens (tertiary/aromatic N) is 5. The minimum atomic E-state index is -4.49. The van der Waals surface area contributed by atoms with E-state index >= 15 is 0 Å². The van der Waals surface area contributed by atoms with Gasteiger partial charge in [0.15, 0.2) is 5.82 Å². The summed E-state index contributed by atoms with van der Waals surface area (Å²) in [5.41, 5.74) is 6.37. The molecule has 3 rings (SSSR count). The van der Waals surface area contributed by atoms with Gasteiger partial charge in [-0.1, -0.05) is 6.07 Å².